The Morgan fingerprint density at radius 3 is 2.85 bits per heavy atom. The van der Waals surface area contributed by atoms with Crippen molar-refractivity contribution in [1.29, 1.82) is 0 Å². The zero-order valence-corrected chi connectivity index (χ0v) is 15.0. The molecule has 1 saturated carbocycles. The van der Waals surface area contributed by atoms with Crippen LogP contribution in [0.1, 0.15) is 41.6 Å². The van der Waals surface area contributed by atoms with Crippen LogP contribution in [0.4, 0.5) is 5.69 Å². The molecule has 3 unspecified atom stereocenters. The Labute approximate surface area is 157 Å². The molecule has 4 rings (SSSR count). The number of allylic oxidation sites excluding steroid dienone is 6. The third-order valence-electron chi connectivity index (χ3n) is 5.55. The molecule has 1 aromatic rings. The standard InChI is InChI=1S/C22H21NO4/c1-22(27)7-6-17-13(11-22)8-12-9-15(24)3-5-16(12)20(17)18-4-2-14(23)10-19(18)21(25)26/h2-6,9-11,16,20,27H,7-8,23H2,1H3,(H,25,26). The van der Waals surface area contributed by atoms with Crippen LogP contribution < -0.4 is 5.73 Å². The van der Waals surface area contributed by atoms with Crippen molar-refractivity contribution in [1.82, 2.24) is 0 Å². The molecule has 5 nitrogen and oxygen atoms in total. The summed E-state index contributed by atoms with van der Waals surface area (Å²) in [5.74, 6) is -1.41. The van der Waals surface area contributed by atoms with Gasteiger partial charge in [0.25, 0.3) is 0 Å². The molecular weight excluding hydrogens is 342 g/mol. The van der Waals surface area contributed by atoms with Crippen molar-refractivity contribution in [3.63, 3.8) is 0 Å². The maximum Gasteiger partial charge on any atom is 0.336 e. The number of rotatable bonds is 2. The maximum absolute atomic E-state index is 11.9. The van der Waals surface area contributed by atoms with E-state index in [0.29, 0.717) is 24.1 Å². The minimum atomic E-state index is -1.03. The second-order valence-electron chi connectivity index (χ2n) is 7.70. The Morgan fingerprint density at radius 1 is 1.33 bits per heavy atom. The molecule has 3 atom stereocenters. The molecule has 0 saturated heterocycles. The summed E-state index contributed by atoms with van der Waals surface area (Å²) in [6.45, 7) is 1.75. The minimum Gasteiger partial charge on any atom is -0.478 e. The number of hydrogen-bond donors (Lipinski definition) is 3. The van der Waals surface area contributed by atoms with Crippen LogP contribution in [0.5, 0.6) is 0 Å². The van der Waals surface area contributed by atoms with Gasteiger partial charge in [-0.3, -0.25) is 4.79 Å². The van der Waals surface area contributed by atoms with Crippen molar-refractivity contribution < 1.29 is 19.8 Å². The number of carbonyl (C=O) groups excluding carboxylic acids is 1. The molecule has 138 valence electrons. The van der Waals surface area contributed by atoms with Crippen LogP contribution in [-0.2, 0) is 4.79 Å². The SMILES string of the molecule is CC1(O)C=C2CC3=CC(=O)C=CC3C(c3ccc(N)cc3C(=O)O)C2=CC1. The maximum atomic E-state index is 11.9. The summed E-state index contributed by atoms with van der Waals surface area (Å²) in [5.41, 5.74) is 9.04. The van der Waals surface area contributed by atoms with E-state index in [2.05, 4.69) is 0 Å². The first-order valence-electron chi connectivity index (χ1n) is 8.95. The van der Waals surface area contributed by atoms with E-state index in [1.54, 1.807) is 31.2 Å². The van der Waals surface area contributed by atoms with Crippen LogP contribution in [0.3, 0.4) is 0 Å². The highest BCUT2D eigenvalue weighted by molar-refractivity contribution is 6.01. The van der Waals surface area contributed by atoms with Gasteiger partial charge in [-0.2, -0.15) is 0 Å². The first-order chi connectivity index (χ1) is 12.7. The fourth-order valence-corrected chi connectivity index (χ4v) is 4.39. The second-order valence-corrected chi connectivity index (χ2v) is 7.70. The van der Waals surface area contributed by atoms with E-state index in [1.807, 2.05) is 18.2 Å². The highest BCUT2D eigenvalue weighted by Crippen LogP contribution is 2.51. The van der Waals surface area contributed by atoms with Crippen molar-refractivity contribution in [2.45, 2.75) is 31.3 Å². The van der Waals surface area contributed by atoms with Crippen LogP contribution >= 0.6 is 0 Å². The molecule has 0 spiro atoms. The van der Waals surface area contributed by atoms with Gasteiger partial charge in [-0.25, -0.2) is 4.79 Å². The quantitative estimate of drug-likeness (QED) is 0.701. The molecule has 1 aromatic carbocycles. The number of carboxylic acids is 1. The fourth-order valence-electron chi connectivity index (χ4n) is 4.39. The van der Waals surface area contributed by atoms with Gasteiger partial charge >= 0.3 is 5.97 Å². The Morgan fingerprint density at radius 2 is 2.11 bits per heavy atom. The van der Waals surface area contributed by atoms with E-state index < -0.39 is 11.6 Å². The lowest BCUT2D eigenvalue weighted by Crippen LogP contribution is -2.31. The van der Waals surface area contributed by atoms with E-state index in [4.69, 9.17) is 5.73 Å². The lowest BCUT2D eigenvalue weighted by Gasteiger charge is -2.41. The molecule has 27 heavy (non-hydrogen) atoms. The number of carboxylic acid groups (broad SMARTS) is 1. The van der Waals surface area contributed by atoms with Crippen molar-refractivity contribution in [2.75, 3.05) is 5.73 Å². The van der Waals surface area contributed by atoms with Gasteiger partial charge in [-0.05, 0) is 66.8 Å². The van der Waals surface area contributed by atoms with Gasteiger partial charge in [-0.1, -0.05) is 23.8 Å². The molecule has 4 N–H and O–H groups in total. The van der Waals surface area contributed by atoms with Gasteiger partial charge in [0.2, 0.25) is 0 Å². The fraction of sp³-hybridized carbons (Fsp3) is 0.273. The lowest BCUT2D eigenvalue weighted by molar-refractivity contribution is -0.110. The van der Waals surface area contributed by atoms with E-state index in [9.17, 15) is 19.8 Å². The largest absolute Gasteiger partial charge is 0.478 e. The van der Waals surface area contributed by atoms with Gasteiger partial charge in [0, 0.05) is 17.5 Å². The number of hydrogen-bond acceptors (Lipinski definition) is 4. The van der Waals surface area contributed by atoms with Crippen LogP contribution in [0, 0.1) is 5.92 Å². The number of nitrogen functional groups attached to an aromatic ring is 1. The number of nitrogens with two attached hydrogens (primary N) is 1. The van der Waals surface area contributed by atoms with E-state index in [-0.39, 0.29) is 23.2 Å². The normalized spacial score (nSPS) is 29.3. The number of carbonyl (C=O) groups is 2. The van der Waals surface area contributed by atoms with Gasteiger partial charge in [0.05, 0.1) is 11.2 Å². The third kappa shape index (κ3) is 3.04. The summed E-state index contributed by atoms with van der Waals surface area (Å²) in [4.78, 5) is 23.8. The molecule has 5 heteroatoms. The van der Waals surface area contributed by atoms with Gasteiger partial charge in [-0.15, -0.1) is 0 Å². The zero-order chi connectivity index (χ0) is 19.3. The monoisotopic (exact) mass is 363 g/mol. The summed E-state index contributed by atoms with van der Waals surface area (Å²) >= 11 is 0. The average molecular weight is 363 g/mol. The van der Waals surface area contributed by atoms with Crippen LogP contribution in [0.15, 0.2) is 65.3 Å². The Kier molecular flexibility index (Phi) is 3.93. The summed E-state index contributed by atoms with van der Waals surface area (Å²) in [6.07, 6.45) is 9.94. The second kappa shape index (κ2) is 6.06. The Balaban J connectivity index is 1.92. The van der Waals surface area contributed by atoms with Crippen molar-refractivity contribution in [2.24, 2.45) is 5.92 Å². The Hall–Kier alpha value is -2.92. The molecule has 3 aliphatic rings. The predicted octanol–water partition coefficient (Wildman–Crippen LogP) is 3.14. The highest BCUT2D eigenvalue weighted by atomic mass is 16.4. The minimum absolute atomic E-state index is 0.0636. The molecule has 0 radical (unpaired) electrons. The smallest absolute Gasteiger partial charge is 0.336 e. The number of aliphatic hydroxyl groups is 1. The van der Waals surface area contributed by atoms with Gasteiger partial charge < -0.3 is 15.9 Å². The lowest BCUT2D eigenvalue weighted by atomic mass is 9.63. The van der Waals surface area contributed by atoms with E-state index in [0.717, 1.165) is 16.7 Å². The summed E-state index contributed by atoms with van der Waals surface area (Å²) in [6, 6.07) is 4.96. The van der Waals surface area contributed by atoms with Crippen molar-refractivity contribution >= 4 is 17.4 Å². The first kappa shape index (κ1) is 17.5. The highest BCUT2D eigenvalue weighted by Gasteiger charge is 2.40. The number of fused-ring (bicyclic) bond motifs is 2. The number of anilines is 1. The molecule has 0 heterocycles. The average Bonchev–Trinajstić information content (AvgIpc) is 2.59. The molecule has 0 aromatic heterocycles. The molecule has 0 bridgehead atoms. The number of benzene rings is 1. The molecule has 0 amide bonds. The van der Waals surface area contributed by atoms with E-state index >= 15 is 0 Å². The first-order valence-corrected chi connectivity index (χ1v) is 8.95. The summed E-state index contributed by atoms with van der Waals surface area (Å²) < 4.78 is 0. The molecule has 3 aliphatic carbocycles. The summed E-state index contributed by atoms with van der Waals surface area (Å²) in [5, 5.41) is 20.2. The van der Waals surface area contributed by atoms with Crippen molar-refractivity contribution in [3.05, 3.63) is 76.4 Å². The van der Waals surface area contributed by atoms with Gasteiger partial charge in [0.1, 0.15) is 0 Å². The molecule has 1 fully saturated rings. The summed E-state index contributed by atoms with van der Waals surface area (Å²) in [7, 11) is 0. The van der Waals surface area contributed by atoms with Crippen LogP contribution in [0.2, 0.25) is 0 Å². The number of ketones is 1. The predicted molar refractivity (Wildman–Crippen MR) is 102 cm³/mol. The zero-order valence-electron chi connectivity index (χ0n) is 15.0. The topological polar surface area (TPSA) is 101 Å². The molecule has 0 aliphatic heterocycles. The third-order valence-corrected chi connectivity index (χ3v) is 5.55. The van der Waals surface area contributed by atoms with Gasteiger partial charge in [0.15, 0.2) is 5.78 Å². The van der Waals surface area contributed by atoms with Crippen molar-refractivity contribution in [3.8, 4) is 0 Å². The van der Waals surface area contributed by atoms with Crippen LogP contribution in [-0.4, -0.2) is 27.6 Å². The number of aromatic carboxylic acids is 1. The molecular formula is C22H21NO4. The van der Waals surface area contributed by atoms with E-state index in [1.165, 1.54) is 6.07 Å². The Bertz CT molecular complexity index is 978. The van der Waals surface area contributed by atoms with Crippen LogP contribution in [0.25, 0.3) is 0 Å².